The van der Waals surface area contributed by atoms with E-state index in [1.807, 2.05) is 18.2 Å². The molecular formula is C16H22N2O4. The number of methoxy groups -OCH3 is 1. The second-order valence-electron chi connectivity index (χ2n) is 5.33. The fourth-order valence-electron chi connectivity index (χ4n) is 2.36. The van der Waals surface area contributed by atoms with Gasteiger partial charge in [0.2, 0.25) is 5.91 Å². The zero-order valence-corrected chi connectivity index (χ0v) is 13.2. The second-order valence-corrected chi connectivity index (χ2v) is 5.33. The van der Waals surface area contributed by atoms with Gasteiger partial charge in [0.05, 0.1) is 12.1 Å². The quantitative estimate of drug-likeness (QED) is 0.800. The van der Waals surface area contributed by atoms with Crippen LogP contribution >= 0.6 is 0 Å². The lowest BCUT2D eigenvalue weighted by Gasteiger charge is -2.30. The molecule has 120 valence electrons. The summed E-state index contributed by atoms with van der Waals surface area (Å²) in [6.07, 6.45) is 0.584. The molecule has 1 aliphatic heterocycles. The van der Waals surface area contributed by atoms with Crippen LogP contribution in [0.3, 0.4) is 0 Å². The number of anilines is 1. The van der Waals surface area contributed by atoms with Crippen LogP contribution in [0.15, 0.2) is 18.2 Å². The Balaban J connectivity index is 1.99. The third-order valence-corrected chi connectivity index (χ3v) is 3.58. The number of nitrogens with zero attached hydrogens (tertiary/aromatic N) is 1. The predicted octanol–water partition coefficient (Wildman–Crippen LogP) is 1.13. The number of amides is 2. The van der Waals surface area contributed by atoms with Crippen LogP contribution in [0.1, 0.15) is 18.9 Å². The number of carbonyl (C=O) groups excluding carboxylic acids is 2. The summed E-state index contributed by atoms with van der Waals surface area (Å²) in [7, 11) is 3.35. The summed E-state index contributed by atoms with van der Waals surface area (Å²) >= 11 is 0. The molecular weight excluding hydrogens is 284 g/mol. The Kier molecular flexibility index (Phi) is 5.38. The van der Waals surface area contributed by atoms with Crippen molar-refractivity contribution in [1.29, 1.82) is 0 Å². The maximum atomic E-state index is 11.9. The Labute approximate surface area is 130 Å². The Morgan fingerprint density at radius 3 is 2.95 bits per heavy atom. The molecule has 22 heavy (non-hydrogen) atoms. The van der Waals surface area contributed by atoms with E-state index in [-0.39, 0.29) is 18.2 Å². The highest BCUT2D eigenvalue weighted by molar-refractivity contribution is 5.99. The van der Waals surface area contributed by atoms with E-state index >= 15 is 0 Å². The average Bonchev–Trinajstić information content (AvgIpc) is 2.50. The van der Waals surface area contributed by atoms with Gasteiger partial charge in [0.15, 0.2) is 6.10 Å². The molecule has 6 nitrogen and oxygen atoms in total. The van der Waals surface area contributed by atoms with Crippen LogP contribution in [0.2, 0.25) is 0 Å². The first-order valence-corrected chi connectivity index (χ1v) is 7.35. The van der Waals surface area contributed by atoms with Crippen molar-refractivity contribution in [2.45, 2.75) is 25.9 Å². The van der Waals surface area contributed by atoms with Crippen molar-refractivity contribution in [2.75, 3.05) is 32.2 Å². The van der Waals surface area contributed by atoms with Crippen LogP contribution in [0.25, 0.3) is 0 Å². The monoisotopic (exact) mass is 306 g/mol. The molecule has 0 bridgehead atoms. The normalized spacial score (nSPS) is 17.0. The first-order valence-electron chi connectivity index (χ1n) is 7.35. The van der Waals surface area contributed by atoms with E-state index in [2.05, 4.69) is 5.32 Å². The molecule has 0 radical (unpaired) electrons. The summed E-state index contributed by atoms with van der Waals surface area (Å²) in [6, 6.07) is 5.49. The van der Waals surface area contributed by atoms with Crippen LogP contribution in [0, 0.1) is 0 Å². The van der Waals surface area contributed by atoms with Gasteiger partial charge in [-0.25, -0.2) is 0 Å². The van der Waals surface area contributed by atoms with Gasteiger partial charge < -0.3 is 19.7 Å². The van der Waals surface area contributed by atoms with Crippen molar-refractivity contribution in [3.63, 3.8) is 0 Å². The van der Waals surface area contributed by atoms with Crippen molar-refractivity contribution >= 4 is 17.5 Å². The summed E-state index contributed by atoms with van der Waals surface area (Å²) in [4.78, 5) is 25.4. The summed E-state index contributed by atoms with van der Waals surface area (Å²) in [6.45, 7) is 2.95. The molecule has 1 N–H and O–H groups in total. The van der Waals surface area contributed by atoms with Crippen LogP contribution in [-0.4, -0.2) is 45.2 Å². The van der Waals surface area contributed by atoms with Gasteiger partial charge in [-0.15, -0.1) is 0 Å². The lowest BCUT2D eigenvalue weighted by molar-refractivity contribution is -0.125. The fraction of sp³-hybridized carbons (Fsp3) is 0.500. The van der Waals surface area contributed by atoms with E-state index in [9.17, 15) is 9.59 Å². The fourth-order valence-corrected chi connectivity index (χ4v) is 2.36. The molecule has 0 aliphatic carbocycles. The SMILES string of the molecule is COCCCNC(=O)Cc1ccc2c(c1)N(C)C(=O)C(C)O2. The van der Waals surface area contributed by atoms with E-state index in [1.165, 1.54) is 0 Å². The molecule has 2 amide bonds. The molecule has 6 heteroatoms. The second kappa shape index (κ2) is 7.26. The van der Waals surface area contributed by atoms with Gasteiger partial charge in [-0.1, -0.05) is 6.07 Å². The Bertz CT molecular complexity index is 559. The van der Waals surface area contributed by atoms with Crippen LogP contribution in [0.4, 0.5) is 5.69 Å². The highest BCUT2D eigenvalue weighted by atomic mass is 16.5. The summed E-state index contributed by atoms with van der Waals surface area (Å²) in [5.41, 5.74) is 1.55. The van der Waals surface area contributed by atoms with Gasteiger partial charge in [0, 0.05) is 27.3 Å². The summed E-state index contributed by atoms with van der Waals surface area (Å²) in [5.74, 6) is 0.530. The molecule has 1 aliphatic rings. The molecule has 0 saturated heterocycles. The number of hydrogen-bond donors (Lipinski definition) is 1. The number of ether oxygens (including phenoxy) is 2. The minimum atomic E-state index is -0.479. The molecule has 0 spiro atoms. The molecule has 0 saturated carbocycles. The number of likely N-dealkylation sites (N-methyl/N-ethyl adjacent to an activating group) is 1. The topological polar surface area (TPSA) is 67.9 Å². The predicted molar refractivity (Wildman–Crippen MR) is 83.1 cm³/mol. The van der Waals surface area contributed by atoms with Crippen molar-refractivity contribution < 1.29 is 19.1 Å². The van der Waals surface area contributed by atoms with Crippen molar-refractivity contribution in [1.82, 2.24) is 5.32 Å². The maximum Gasteiger partial charge on any atom is 0.267 e. The molecule has 2 rings (SSSR count). The van der Waals surface area contributed by atoms with E-state index in [1.54, 1.807) is 26.0 Å². The molecule has 1 atom stereocenters. The highest BCUT2D eigenvalue weighted by Crippen LogP contribution is 2.33. The lowest BCUT2D eigenvalue weighted by Crippen LogP contribution is -2.42. The van der Waals surface area contributed by atoms with Crippen LogP contribution in [0.5, 0.6) is 5.75 Å². The van der Waals surface area contributed by atoms with Crippen LogP contribution in [-0.2, 0) is 20.7 Å². The molecule has 0 fully saturated rings. The zero-order valence-electron chi connectivity index (χ0n) is 13.2. The van der Waals surface area contributed by atoms with E-state index in [0.29, 0.717) is 24.6 Å². The molecule has 0 aromatic heterocycles. The van der Waals surface area contributed by atoms with Gasteiger partial charge in [0.1, 0.15) is 5.75 Å². The van der Waals surface area contributed by atoms with Gasteiger partial charge in [-0.05, 0) is 31.0 Å². The largest absolute Gasteiger partial charge is 0.479 e. The van der Waals surface area contributed by atoms with E-state index in [4.69, 9.17) is 9.47 Å². The smallest absolute Gasteiger partial charge is 0.267 e. The van der Waals surface area contributed by atoms with Gasteiger partial charge in [0.25, 0.3) is 5.91 Å². The number of rotatable bonds is 6. The Hall–Kier alpha value is -2.08. The Morgan fingerprint density at radius 2 is 2.23 bits per heavy atom. The Morgan fingerprint density at radius 1 is 1.45 bits per heavy atom. The minimum Gasteiger partial charge on any atom is -0.479 e. The average molecular weight is 306 g/mol. The first-order chi connectivity index (χ1) is 10.5. The minimum absolute atomic E-state index is 0.0462. The number of hydrogen-bond acceptors (Lipinski definition) is 4. The highest BCUT2D eigenvalue weighted by Gasteiger charge is 2.28. The van der Waals surface area contributed by atoms with Gasteiger partial charge in [-0.3, -0.25) is 9.59 Å². The third kappa shape index (κ3) is 3.76. The molecule has 1 aromatic carbocycles. The van der Waals surface area contributed by atoms with Crippen molar-refractivity contribution in [2.24, 2.45) is 0 Å². The van der Waals surface area contributed by atoms with Crippen LogP contribution < -0.4 is 15.0 Å². The summed E-state index contributed by atoms with van der Waals surface area (Å²) < 4.78 is 10.5. The zero-order chi connectivity index (χ0) is 16.1. The molecule has 1 aromatic rings. The van der Waals surface area contributed by atoms with E-state index < -0.39 is 6.10 Å². The van der Waals surface area contributed by atoms with E-state index in [0.717, 1.165) is 12.0 Å². The molecule has 1 unspecified atom stereocenters. The summed E-state index contributed by atoms with van der Waals surface area (Å²) in [5, 5.41) is 2.84. The number of nitrogens with one attached hydrogen (secondary N) is 1. The third-order valence-electron chi connectivity index (χ3n) is 3.58. The standard InChI is InChI=1S/C16H22N2O4/c1-11-16(20)18(2)13-9-12(5-6-14(13)22-11)10-15(19)17-7-4-8-21-3/h5-6,9,11H,4,7-8,10H2,1-3H3,(H,17,19). The van der Waals surface area contributed by atoms with Gasteiger partial charge in [-0.2, -0.15) is 0 Å². The van der Waals surface area contributed by atoms with Crippen molar-refractivity contribution in [3.05, 3.63) is 23.8 Å². The van der Waals surface area contributed by atoms with Gasteiger partial charge >= 0.3 is 0 Å². The van der Waals surface area contributed by atoms with Crippen molar-refractivity contribution in [3.8, 4) is 5.75 Å². The number of benzene rings is 1. The maximum absolute atomic E-state index is 11.9. The number of carbonyl (C=O) groups is 2. The number of fused-ring (bicyclic) bond motifs is 1. The first kappa shape index (κ1) is 16.3. The lowest BCUT2D eigenvalue weighted by atomic mass is 10.1. The molecule has 1 heterocycles.